The van der Waals surface area contributed by atoms with Crippen LogP contribution in [0.15, 0.2) is 46.2 Å². The predicted molar refractivity (Wildman–Crippen MR) is 97.4 cm³/mol. The molecule has 0 bridgehead atoms. The summed E-state index contributed by atoms with van der Waals surface area (Å²) in [5, 5.41) is 13.8. The van der Waals surface area contributed by atoms with Crippen molar-refractivity contribution in [1.29, 1.82) is 0 Å². The van der Waals surface area contributed by atoms with Gasteiger partial charge in [0.05, 0.1) is 6.10 Å². The lowest BCUT2D eigenvalue weighted by Crippen LogP contribution is -2.13. The molecule has 0 aliphatic rings. The van der Waals surface area contributed by atoms with Crippen LogP contribution in [-0.2, 0) is 7.05 Å². The minimum atomic E-state index is -0.232. The summed E-state index contributed by atoms with van der Waals surface area (Å²) in [4.78, 5) is 17.5. The van der Waals surface area contributed by atoms with Crippen molar-refractivity contribution in [3.05, 3.63) is 41.7 Å². The first-order chi connectivity index (χ1) is 12.0. The van der Waals surface area contributed by atoms with Crippen LogP contribution in [0.4, 0.5) is 5.13 Å². The number of aromatic nitrogens is 4. The van der Waals surface area contributed by atoms with Crippen molar-refractivity contribution in [3.63, 3.8) is 0 Å². The van der Waals surface area contributed by atoms with Gasteiger partial charge in [0.1, 0.15) is 12.1 Å². The third-order valence-corrected chi connectivity index (χ3v) is 4.76. The molecule has 25 heavy (non-hydrogen) atoms. The zero-order chi connectivity index (χ0) is 17.8. The van der Waals surface area contributed by atoms with Gasteiger partial charge in [0.15, 0.2) is 10.3 Å². The second-order valence-electron chi connectivity index (χ2n) is 5.48. The monoisotopic (exact) mass is 375 g/mol. The largest absolute Gasteiger partial charge is 0.491 e. The Morgan fingerprint density at radius 2 is 2.20 bits per heavy atom. The number of carbonyl (C=O) groups is 1. The number of anilines is 1. The highest BCUT2D eigenvalue weighted by atomic mass is 32.2. The van der Waals surface area contributed by atoms with E-state index in [0.29, 0.717) is 16.4 Å². The topological polar surface area (TPSA) is 81.9 Å². The summed E-state index contributed by atoms with van der Waals surface area (Å²) >= 11 is 2.79. The molecule has 3 rings (SSSR count). The van der Waals surface area contributed by atoms with Gasteiger partial charge in [0.25, 0.3) is 5.91 Å². The van der Waals surface area contributed by atoms with Gasteiger partial charge in [-0.15, -0.1) is 21.5 Å². The highest BCUT2D eigenvalue weighted by Gasteiger charge is 2.14. The SMILES string of the molecule is CC(C)Oc1cc(Sc2nncn2C)cc(C(=O)Nc2nccs2)c1. The van der Waals surface area contributed by atoms with E-state index in [1.165, 1.54) is 23.1 Å². The molecule has 1 amide bonds. The van der Waals surface area contributed by atoms with E-state index >= 15 is 0 Å². The van der Waals surface area contributed by atoms with Crippen molar-refractivity contribution in [1.82, 2.24) is 19.7 Å². The van der Waals surface area contributed by atoms with Crippen LogP contribution in [0.25, 0.3) is 0 Å². The van der Waals surface area contributed by atoms with Crippen LogP contribution in [0.3, 0.4) is 0 Å². The summed E-state index contributed by atoms with van der Waals surface area (Å²) in [5.41, 5.74) is 0.498. The number of hydrogen-bond donors (Lipinski definition) is 1. The number of hydrogen-bond acceptors (Lipinski definition) is 7. The lowest BCUT2D eigenvalue weighted by atomic mass is 10.2. The summed E-state index contributed by atoms with van der Waals surface area (Å²) in [6.45, 7) is 3.88. The van der Waals surface area contributed by atoms with E-state index in [0.717, 1.165) is 10.1 Å². The van der Waals surface area contributed by atoms with Crippen LogP contribution in [0.5, 0.6) is 5.75 Å². The van der Waals surface area contributed by atoms with Crippen molar-refractivity contribution in [2.75, 3.05) is 5.32 Å². The highest BCUT2D eigenvalue weighted by molar-refractivity contribution is 7.99. The number of amides is 1. The smallest absolute Gasteiger partial charge is 0.257 e. The Morgan fingerprint density at radius 1 is 1.36 bits per heavy atom. The molecule has 7 nitrogen and oxygen atoms in total. The maximum absolute atomic E-state index is 12.5. The number of nitrogens with zero attached hydrogens (tertiary/aromatic N) is 4. The van der Waals surface area contributed by atoms with E-state index < -0.39 is 0 Å². The summed E-state index contributed by atoms with van der Waals surface area (Å²) in [6, 6.07) is 5.42. The first kappa shape index (κ1) is 17.4. The van der Waals surface area contributed by atoms with Gasteiger partial charge in [-0.2, -0.15) is 0 Å². The molecule has 0 saturated carbocycles. The van der Waals surface area contributed by atoms with Gasteiger partial charge in [0.2, 0.25) is 0 Å². The quantitative estimate of drug-likeness (QED) is 0.710. The fourth-order valence-electron chi connectivity index (χ4n) is 2.03. The molecule has 0 aliphatic heterocycles. The molecular weight excluding hydrogens is 358 g/mol. The van der Waals surface area contributed by atoms with Gasteiger partial charge in [-0.25, -0.2) is 4.98 Å². The molecule has 0 aliphatic carbocycles. The molecule has 2 aromatic heterocycles. The van der Waals surface area contributed by atoms with Crippen molar-refractivity contribution in [2.24, 2.45) is 7.05 Å². The Balaban J connectivity index is 1.89. The van der Waals surface area contributed by atoms with Crippen LogP contribution in [0, 0.1) is 0 Å². The lowest BCUT2D eigenvalue weighted by molar-refractivity contribution is 0.102. The van der Waals surface area contributed by atoms with E-state index in [9.17, 15) is 4.79 Å². The molecule has 130 valence electrons. The van der Waals surface area contributed by atoms with E-state index in [4.69, 9.17) is 4.74 Å². The Kier molecular flexibility index (Phi) is 5.34. The molecular formula is C16H17N5O2S2. The Labute approximate surface area is 153 Å². The number of nitrogens with one attached hydrogen (secondary N) is 1. The average Bonchev–Trinajstić information content (AvgIpc) is 3.19. The van der Waals surface area contributed by atoms with Crippen molar-refractivity contribution in [3.8, 4) is 5.75 Å². The fraction of sp³-hybridized carbons (Fsp3) is 0.250. The molecule has 0 atom stereocenters. The summed E-state index contributed by atoms with van der Waals surface area (Å²) in [6.07, 6.45) is 3.28. The standard InChI is InChI=1S/C16H17N5O2S2/c1-10(2)23-12-6-11(14(22)19-15-17-4-5-24-15)7-13(8-12)25-16-20-18-9-21(16)3/h4-10H,1-3H3,(H,17,19,22). The minimum absolute atomic E-state index is 0.00459. The first-order valence-corrected chi connectivity index (χ1v) is 9.25. The predicted octanol–water partition coefficient (Wildman–Crippen LogP) is 3.46. The maximum atomic E-state index is 12.5. The van der Waals surface area contributed by atoms with E-state index in [2.05, 4.69) is 20.5 Å². The Hall–Kier alpha value is -2.39. The number of aryl methyl sites for hydroxylation is 1. The van der Waals surface area contributed by atoms with Crippen LogP contribution < -0.4 is 10.1 Å². The minimum Gasteiger partial charge on any atom is -0.491 e. The maximum Gasteiger partial charge on any atom is 0.257 e. The van der Waals surface area contributed by atoms with Crippen molar-refractivity contribution >= 4 is 34.1 Å². The van der Waals surface area contributed by atoms with Crippen LogP contribution in [0.1, 0.15) is 24.2 Å². The molecule has 0 saturated heterocycles. The number of thiazole rings is 1. The molecule has 1 N–H and O–H groups in total. The van der Waals surface area contributed by atoms with Crippen LogP contribution in [0.2, 0.25) is 0 Å². The molecule has 2 heterocycles. The molecule has 0 spiro atoms. The Morgan fingerprint density at radius 3 is 2.84 bits per heavy atom. The molecule has 0 radical (unpaired) electrons. The van der Waals surface area contributed by atoms with Crippen molar-refractivity contribution in [2.45, 2.75) is 30.0 Å². The van der Waals surface area contributed by atoms with Crippen molar-refractivity contribution < 1.29 is 9.53 Å². The second-order valence-corrected chi connectivity index (χ2v) is 7.41. The molecule has 9 heteroatoms. The third-order valence-electron chi connectivity index (χ3n) is 3.05. The zero-order valence-electron chi connectivity index (χ0n) is 14.0. The molecule has 0 fully saturated rings. The van der Waals surface area contributed by atoms with E-state index in [1.54, 1.807) is 24.7 Å². The average molecular weight is 375 g/mol. The van der Waals surface area contributed by atoms with Gasteiger partial charge < -0.3 is 9.30 Å². The molecule has 3 aromatic rings. The Bertz CT molecular complexity index is 861. The van der Waals surface area contributed by atoms with Gasteiger partial charge in [0, 0.05) is 29.1 Å². The number of rotatable bonds is 6. The zero-order valence-corrected chi connectivity index (χ0v) is 15.6. The molecule has 0 unspecified atom stereocenters. The highest BCUT2D eigenvalue weighted by Crippen LogP contribution is 2.30. The third kappa shape index (κ3) is 4.58. The second kappa shape index (κ2) is 7.66. The fourth-order valence-corrected chi connectivity index (χ4v) is 3.40. The number of ether oxygens (including phenoxy) is 1. The number of benzene rings is 1. The normalized spacial score (nSPS) is 10.9. The van der Waals surface area contributed by atoms with Crippen LogP contribution >= 0.6 is 23.1 Å². The number of carbonyl (C=O) groups excluding carboxylic acids is 1. The van der Waals surface area contributed by atoms with Gasteiger partial charge in [-0.1, -0.05) is 0 Å². The molecule has 1 aromatic carbocycles. The van der Waals surface area contributed by atoms with E-state index in [-0.39, 0.29) is 12.0 Å². The van der Waals surface area contributed by atoms with Gasteiger partial charge >= 0.3 is 0 Å². The lowest BCUT2D eigenvalue weighted by Gasteiger charge is -2.13. The first-order valence-electron chi connectivity index (χ1n) is 7.55. The van der Waals surface area contributed by atoms with E-state index in [1.807, 2.05) is 36.9 Å². The summed E-state index contributed by atoms with van der Waals surface area (Å²) in [5.74, 6) is 0.399. The van der Waals surface area contributed by atoms with Gasteiger partial charge in [-0.05, 0) is 43.8 Å². The summed E-state index contributed by atoms with van der Waals surface area (Å²) in [7, 11) is 1.87. The van der Waals surface area contributed by atoms with Gasteiger partial charge in [-0.3, -0.25) is 10.1 Å². The summed E-state index contributed by atoms with van der Waals surface area (Å²) < 4.78 is 7.60. The van der Waals surface area contributed by atoms with Crippen LogP contribution in [-0.4, -0.2) is 31.8 Å².